The maximum atomic E-state index is 9.00. The summed E-state index contributed by atoms with van der Waals surface area (Å²) in [5.41, 5.74) is 8.50. The summed E-state index contributed by atoms with van der Waals surface area (Å²) in [4.78, 5) is 25.2. The molecule has 0 aliphatic rings. The molecule has 0 spiro atoms. The zero-order valence-electron chi connectivity index (χ0n) is 11.0. The molecule has 0 fully saturated rings. The molecule has 0 saturated carbocycles. The fourth-order valence-electron chi connectivity index (χ4n) is 0. The van der Waals surface area contributed by atoms with E-state index in [0.717, 1.165) is 0 Å². The lowest BCUT2D eigenvalue weighted by molar-refractivity contribution is -0.191. The molecule has 0 unspecified atom stereocenters. The largest absolute Gasteiger partial charge is 0.412 e. The van der Waals surface area contributed by atoms with Gasteiger partial charge in [0.2, 0.25) is 0 Å². The smallest absolute Gasteiger partial charge is 0.373 e. The van der Waals surface area contributed by atoms with Gasteiger partial charge in [0.15, 0.2) is 0 Å². The first-order valence-electron chi connectivity index (χ1n) is 3.69. The van der Waals surface area contributed by atoms with Gasteiger partial charge in [-0.25, -0.2) is 4.79 Å². The van der Waals surface area contributed by atoms with Gasteiger partial charge in [0, 0.05) is 2.85 Å². The van der Waals surface area contributed by atoms with Crippen molar-refractivity contribution in [3.8, 4) is 0 Å². The van der Waals surface area contributed by atoms with Gasteiger partial charge < -0.3 is 16.9 Å². The van der Waals surface area contributed by atoms with E-state index >= 15 is 0 Å². The van der Waals surface area contributed by atoms with Gasteiger partial charge in [0.25, 0.3) is 0 Å². The summed E-state index contributed by atoms with van der Waals surface area (Å²) in [6.45, 7) is 30.0. The minimum atomic E-state index is -0.833. The van der Waals surface area contributed by atoms with Crippen LogP contribution in [0.1, 0.15) is 25.1 Å². The number of urea groups is 1. The Hall–Kier alpha value is -2.69. The summed E-state index contributed by atoms with van der Waals surface area (Å²) in [6.07, 6.45) is 0.250. The van der Waals surface area contributed by atoms with Crippen molar-refractivity contribution < 1.29 is 22.7 Å². The highest BCUT2D eigenvalue weighted by molar-refractivity contribution is 5.69. The molecule has 6 nitrogen and oxygen atoms in total. The molecule has 0 aliphatic heterocycles. The molecule has 0 aromatic carbocycles. The van der Waals surface area contributed by atoms with E-state index in [2.05, 4.69) is 77.3 Å². The quantitative estimate of drug-likeness (QED) is 0.653. The molecule has 6 heteroatoms. The summed E-state index contributed by atoms with van der Waals surface area (Å²) in [5.74, 6) is 0. The lowest BCUT2D eigenvalue weighted by Gasteiger charge is -1.62. The van der Waals surface area contributed by atoms with Crippen LogP contribution in [0.15, 0.2) is 65.8 Å². The van der Waals surface area contributed by atoms with E-state index < -0.39 is 6.03 Å². The third kappa shape index (κ3) is 561. The highest BCUT2D eigenvalue weighted by atomic mass is 16.2. The summed E-state index contributed by atoms with van der Waals surface area (Å²) < 4.78 is 0. The van der Waals surface area contributed by atoms with E-state index in [1.807, 2.05) is 0 Å². The van der Waals surface area contributed by atoms with Crippen molar-refractivity contribution in [3.63, 3.8) is 0 Å². The molecular weight excluding hydrogens is 272 g/mol. The van der Waals surface area contributed by atoms with E-state index in [0.29, 0.717) is 0 Å². The van der Waals surface area contributed by atoms with Crippen molar-refractivity contribution in [2.24, 2.45) is 11.5 Å². The molecule has 0 heterocycles. The van der Waals surface area contributed by atoms with E-state index in [1.165, 1.54) is 0 Å². The van der Waals surface area contributed by atoms with Gasteiger partial charge in [-0.05, 0) is 0 Å². The van der Waals surface area contributed by atoms with Gasteiger partial charge in [-0.15, -0.1) is 65.8 Å². The number of hydrogen-bond donors (Lipinski definition) is 2. The molecule has 0 radical (unpaired) electrons. The van der Waals surface area contributed by atoms with Crippen molar-refractivity contribution in [2.45, 2.75) is 22.3 Å². The van der Waals surface area contributed by atoms with Crippen LogP contribution in [-0.2, 0) is 9.59 Å². The van der Waals surface area contributed by atoms with Gasteiger partial charge in [-0.2, -0.15) is 9.59 Å². The Kier molecular flexibility index (Phi) is 13100. The Morgan fingerprint density at radius 1 is 0.667 bits per heavy atom. The number of primary amides is 2. The molecule has 2 amide bonds. The Morgan fingerprint density at radius 2 is 0.667 bits per heavy atom. The number of carbonyl (C=O) groups is 1. The number of nitrogens with two attached hydrogens (primary N) is 2. The van der Waals surface area contributed by atoms with Crippen LogP contribution >= 0.6 is 0 Å². The van der Waals surface area contributed by atoms with Crippen LogP contribution in [0.3, 0.4) is 0 Å². The first-order chi connectivity index (χ1) is 8.15. The Bertz CT molecular complexity index is 143. The van der Waals surface area contributed by atoms with Gasteiger partial charge in [0.05, 0.1) is 0 Å². The second-order valence-corrected chi connectivity index (χ2v) is 0.486. The van der Waals surface area contributed by atoms with Crippen molar-refractivity contribution in [2.75, 3.05) is 0 Å². The van der Waals surface area contributed by atoms with E-state index in [4.69, 9.17) is 14.4 Å². The predicted molar refractivity (Wildman–Crippen MR) is 103 cm³/mol. The molecular formula is C15H42N2O4. The van der Waals surface area contributed by atoms with E-state index in [-0.39, 0.29) is 36.8 Å². The van der Waals surface area contributed by atoms with Crippen LogP contribution in [0, 0.1) is 0 Å². The van der Waals surface area contributed by atoms with E-state index in [1.54, 1.807) is 0 Å². The number of hydrogen-bond acceptors (Lipinski definition) is 3. The lowest BCUT2D eigenvalue weighted by Crippen LogP contribution is -2.18. The van der Waals surface area contributed by atoms with Gasteiger partial charge in [-0.1, -0.05) is 22.3 Å². The minimum Gasteiger partial charge on any atom is -0.412 e. The number of rotatable bonds is 0. The molecule has 0 rings (SSSR count). The van der Waals surface area contributed by atoms with Gasteiger partial charge in [0.1, 0.15) is 0 Å². The maximum Gasteiger partial charge on any atom is 0.373 e. The second kappa shape index (κ2) is 2680. The Balaban J connectivity index is -0.00000000451. The van der Waals surface area contributed by atoms with Crippen LogP contribution in [0.2, 0.25) is 0 Å². The minimum absolute atomic E-state index is 0. The van der Waals surface area contributed by atoms with Crippen molar-refractivity contribution in [1.82, 2.24) is 0 Å². The average Bonchev–Trinajstić information content (AvgIpc) is 2.41. The summed E-state index contributed by atoms with van der Waals surface area (Å²) >= 11 is 0. The number of amides is 2. The lowest BCUT2D eigenvalue weighted by atomic mass is 11.2. The molecule has 6 N–H and O–H groups in total. The fraction of sp³-hybridized carbons (Fsp3) is 0.200. The number of carbonyl (C=O) groups excluding carboxylic acids is 3. The summed E-state index contributed by atoms with van der Waals surface area (Å²) in [6, 6.07) is -0.833. The third-order valence-corrected chi connectivity index (χ3v) is 0. The van der Waals surface area contributed by atoms with Gasteiger partial charge in [-0.3, -0.25) is 0 Å². The monoisotopic (exact) mass is 316 g/mol. The van der Waals surface area contributed by atoms with Crippen molar-refractivity contribution in [1.29, 1.82) is 0 Å². The maximum absolute atomic E-state index is 9.00. The van der Waals surface area contributed by atoms with Gasteiger partial charge >= 0.3 is 12.2 Å². The van der Waals surface area contributed by atoms with Crippen LogP contribution < -0.4 is 11.5 Å². The molecule has 0 aromatic heterocycles. The second-order valence-electron chi connectivity index (χ2n) is 0.486. The first-order valence-corrected chi connectivity index (χ1v) is 3.69. The Labute approximate surface area is 135 Å². The van der Waals surface area contributed by atoms with E-state index in [9.17, 15) is 0 Å². The topological polar surface area (TPSA) is 135 Å². The van der Waals surface area contributed by atoms with Crippen LogP contribution in [-0.4, -0.2) is 17.7 Å². The van der Waals surface area contributed by atoms with Crippen molar-refractivity contribution in [3.05, 3.63) is 65.8 Å². The zero-order valence-corrected chi connectivity index (χ0v) is 11.0. The molecule has 0 saturated heterocycles. The van der Waals surface area contributed by atoms with Crippen LogP contribution in [0.5, 0.6) is 0 Å². The summed E-state index contributed by atoms with van der Waals surface area (Å²) in [7, 11) is 0. The fourth-order valence-corrected chi connectivity index (χ4v) is 0. The summed E-state index contributed by atoms with van der Waals surface area (Å²) in [5, 5.41) is 0. The predicted octanol–water partition coefficient (Wildman–Crippen LogP) is 4.03. The molecule has 0 bridgehead atoms. The van der Waals surface area contributed by atoms with Crippen LogP contribution in [0.4, 0.5) is 4.79 Å². The molecule has 0 aromatic rings. The molecule has 136 valence electrons. The zero-order chi connectivity index (χ0) is 16.3. The Morgan fingerprint density at radius 3 is 0.667 bits per heavy atom. The SMILES string of the molecule is C.C.C.C=C.C=C.C=C.C=C.C=C.NC(N)=O.O.O=C=O.[2HH].[2HH]. The molecule has 21 heavy (non-hydrogen) atoms. The highest BCUT2D eigenvalue weighted by Crippen LogP contribution is 1.25. The first kappa shape index (κ1) is 103. The van der Waals surface area contributed by atoms with Crippen molar-refractivity contribution >= 4 is 12.2 Å². The molecule has 0 atom stereocenters. The normalized spacial score (nSPS) is 2.48. The third-order valence-electron chi connectivity index (χ3n) is 0. The van der Waals surface area contributed by atoms with Crippen LogP contribution in [0.25, 0.3) is 0 Å². The standard InChI is InChI=1S/5C2H4.CH4N2O.CO2.3CH4.H2O.2H2/c5*1-2;2-1(3)4;2-1-3;;;;;;/h5*1-2H2;(H4,2,3,4);;3*1H4;1H2;2*1H/i;;;;;;;;;;;2*1+1. The highest BCUT2D eigenvalue weighted by Gasteiger charge is 1.60. The average molecular weight is 317 g/mol. The molecule has 0 aliphatic carbocycles.